The molecule has 0 saturated carbocycles. The number of nitrogens with zero attached hydrogens (tertiary/aromatic N) is 3. The van der Waals surface area contributed by atoms with E-state index in [2.05, 4.69) is 20.6 Å². The first-order chi connectivity index (χ1) is 14.8. The van der Waals surface area contributed by atoms with Gasteiger partial charge in [-0.3, -0.25) is 4.79 Å². The molecule has 1 amide bonds. The zero-order chi connectivity index (χ0) is 22.5. The predicted molar refractivity (Wildman–Crippen MR) is 122 cm³/mol. The monoisotopic (exact) mass is 463 g/mol. The lowest BCUT2D eigenvalue weighted by Crippen LogP contribution is -2.13. The van der Waals surface area contributed by atoms with Gasteiger partial charge in [-0.15, -0.1) is 0 Å². The van der Waals surface area contributed by atoms with Crippen molar-refractivity contribution in [2.75, 3.05) is 38.4 Å². The van der Waals surface area contributed by atoms with E-state index < -0.39 is 5.82 Å². The molecule has 0 bridgehead atoms. The molecule has 0 radical (unpaired) electrons. The third-order valence-corrected chi connectivity index (χ3v) is 5.03. The van der Waals surface area contributed by atoms with Crippen LogP contribution in [-0.4, -0.2) is 48.5 Å². The Labute approximate surface area is 188 Å². The van der Waals surface area contributed by atoms with Crippen LogP contribution in [0.5, 0.6) is 5.75 Å². The van der Waals surface area contributed by atoms with Gasteiger partial charge in [0, 0.05) is 12.6 Å². The van der Waals surface area contributed by atoms with E-state index in [1.54, 1.807) is 18.2 Å². The van der Waals surface area contributed by atoms with Crippen LogP contribution >= 0.6 is 23.2 Å². The molecule has 0 aliphatic rings. The van der Waals surface area contributed by atoms with Gasteiger partial charge in [-0.05, 0) is 38.4 Å². The normalized spacial score (nSPS) is 11.3. The summed E-state index contributed by atoms with van der Waals surface area (Å²) < 4.78 is 20.1. The van der Waals surface area contributed by atoms with Crippen molar-refractivity contribution < 1.29 is 13.9 Å². The summed E-state index contributed by atoms with van der Waals surface area (Å²) in [7, 11) is 5.27. The molecule has 3 aromatic rings. The van der Waals surface area contributed by atoms with E-state index >= 15 is 0 Å². The molecule has 0 fully saturated rings. The fraction of sp³-hybridized carbons (Fsp3) is 0.190. The Morgan fingerprint density at radius 3 is 2.65 bits per heavy atom. The molecule has 0 aliphatic heterocycles. The number of fused-ring (bicyclic) bond motifs is 1. The molecule has 0 spiro atoms. The van der Waals surface area contributed by atoms with E-state index in [1.165, 1.54) is 31.6 Å². The summed E-state index contributed by atoms with van der Waals surface area (Å²) in [6.07, 6.45) is 4.52. The molecule has 2 aromatic carbocycles. The molecule has 31 heavy (non-hydrogen) atoms. The Balaban J connectivity index is 2.00. The standard InChI is InChI=1S/C21H20Cl2FN5O2/c1-29(2)10-4-5-16(30)27-15-9-8-13-17(20(15)31-3)21(26-11-25-13)28-14-7-6-12(22)18(23)19(14)24/h4-9,11H,10H2,1-3H3,(H,27,30)(H,25,26,28)/b5-4+. The highest BCUT2D eigenvalue weighted by Gasteiger charge is 2.18. The number of rotatable bonds is 7. The fourth-order valence-corrected chi connectivity index (χ4v) is 3.13. The lowest BCUT2D eigenvalue weighted by Gasteiger charge is -2.15. The summed E-state index contributed by atoms with van der Waals surface area (Å²) in [4.78, 5) is 22.7. The average molecular weight is 464 g/mol. The Bertz CT molecular complexity index is 1150. The second kappa shape index (κ2) is 9.91. The number of carbonyl (C=O) groups is 1. The van der Waals surface area contributed by atoms with Crippen molar-refractivity contribution in [2.24, 2.45) is 0 Å². The van der Waals surface area contributed by atoms with Gasteiger partial charge in [0.25, 0.3) is 0 Å². The maximum absolute atomic E-state index is 14.5. The Morgan fingerprint density at radius 2 is 1.94 bits per heavy atom. The van der Waals surface area contributed by atoms with Crippen LogP contribution in [0.25, 0.3) is 10.9 Å². The highest BCUT2D eigenvalue weighted by Crippen LogP contribution is 2.38. The molecule has 0 atom stereocenters. The molecular weight excluding hydrogens is 444 g/mol. The average Bonchev–Trinajstić information content (AvgIpc) is 2.74. The van der Waals surface area contributed by atoms with Crippen molar-refractivity contribution in [3.05, 3.63) is 58.6 Å². The second-order valence-electron chi connectivity index (χ2n) is 6.76. The number of ether oxygens (including phenoxy) is 1. The summed E-state index contributed by atoms with van der Waals surface area (Å²) in [5.41, 5.74) is 1.04. The summed E-state index contributed by atoms with van der Waals surface area (Å²) in [5.74, 6) is -0.425. The summed E-state index contributed by atoms with van der Waals surface area (Å²) in [5, 5.41) is 6.05. The van der Waals surface area contributed by atoms with Gasteiger partial charge in [0.05, 0.1) is 39.4 Å². The fourth-order valence-electron chi connectivity index (χ4n) is 2.82. The van der Waals surface area contributed by atoms with E-state index in [4.69, 9.17) is 27.9 Å². The smallest absolute Gasteiger partial charge is 0.248 e. The first-order valence-electron chi connectivity index (χ1n) is 9.16. The minimum Gasteiger partial charge on any atom is -0.494 e. The number of halogens is 3. The molecule has 0 aliphatic carbocycles. The molecule has 162 valence electrons. The van der Waals surface area contributed by atoms with Gasteiger partial charge >= 0.3 is 0 Å². The molecule has 0 saturated heterocycles. The third kappa shape index (κ3) is 5.22. The van der Waals surface area contributed by atoms with Crippen LogP contribution < -0.4 is 15.4 Å². The van der Waals surface area contributed by atoms with Crippen LogP contribution in [0.2, 0.25) is 10.0 Å². The van der Waals surface area contributed by atoms with Gasteiger partial charge in [-0.1, -0.05) is 29.3 Å². The van der Waals surface area contributed by atoms with E-state index in [9.17, 15) is 9.18 Å². The summed E-state index contributed by atoms with van der Waals surface area (Å²) in [6.45, 7) is 0.624. The lowest BCUT2D eigenvalue weighted by atomic mass is 10.1. The number of hydrogen-bond donors (Lipinski definition) is 2. The number of likely N-dealkylation sites (N-methyl/N-ethyl adjacent to an activating group) is 1. The number of amides is 1. The number of aromatic nitrogens is 2. The van der Waals surface area contributed by atoms with Crippen LogP contribution in [0, 0.1) is 5.82 Å². The lowest BCUT2D eigenvalue weighted by molar-refractivity contribution is -0.111. The SMILES string of the molecule is COc1c(NC(=O)/C=C/CN(C)C)ccc2ncnc(Nc3ccc(Cl)c(Cl)c3F)c12. The minimum atomic E-state index is -0.713. The number of anilines is 3. The largest absolute Gasteiger partial charge is 0.494 e. The predicted octanol–water partition coefficient (Wildman–Crippen LogP) is 4.88. The molecule has 0 unspecified atom stereocenters. The van der Waals surface area contributed by atoms with Crippen molar-refractivity contribution >= 4 is 57.2 Å². The van der Waals surface area contributed by atoms with Gasteiger partial charge < -0.3 is 20.3 Å². The van der Waals surface area contributed by atoms with Crippen molar-refractivity contribution in [3.8, 4) is 5.75 Å². The molecule has 1 heterocycles. The molecule has 2 N–H and O–H groups in total. The van der Waals surface area contributed by atoms with Gasteiger partial charge in [0.1, 0.15) is 12.1 Å². The highest BCUT2D eigenvalue weighted by molar-refractivity contribution is 6.42. The van der Waals surface area contributed by atoms with Crippen LogP contribution in [0.1, 0.15) is 0 Å². The second-order valence-corrected chi connectivity index (χ2v) is 7.55. The molecular formula is C21H20Cl2FN5O2. The zero-order valence-corrected chi connectivity index (χ0v) is 18.6. The third-order valence-electron chi connectivity index (χ3n) is 4.25. The molecule has 10 heteroatoms. The van der Waals surface area contributed by atoms with E-state index in [0.29, 0.717) is 28.9 Å². The Hall–Kier alpha value is -2.94. The van der Waals surface area contributed by atoms with Crippen molar-refractivity contribution in [2.45, 2.75) is 0 Å². The van der Waals surface area contributed by atoms with E-state index in [1.807, 2.05) is 19.0 Å². The summed E-state index contributed by atoms with van der Waals surface area (Å²) in [6, 6.07) is 6.30. The van der Waals surface area contributed by atoms with Crippen LogP contribution in [0.15, 0.2) is 42.7 Å². The van der Waals surface area contributed by atoms with E-state index in [-0.39, 0.29) is 27.5 Å². The number of benzene rings is 2. The van der Waals surface area contributed by atoms with Gasteiger partial charge in [-0.25, -0.2) is 14.4 Å². The molecule has 1 aromatic heterocycles. The molecule has 3 rings (SSSR count). The zero-order valence-electron chi connectivity index (χ0n) is 17.0. The maximum Gasteiger partial charge on any atom is 0.248 e. The van der Waals surface area contributed by atoms with Crippen molar-refractivity contribution in [1.29, 1.82) is 0 Å². The van der Waals surface area contributed by atoms with Gasteiger partial charge in [0.15, 0.2) is 11.6 Å². The number of hydrogen-bond acceptors (Lipinski definition) is 6. The first kappa shape index (κ1) is 22.7. The number of methoxy groups -OCH3 is 1. The van der Waals surface area contributed by atoms with Crippen LogP contribution in [-0.2, 0) is 4.79 Å². The number of nitrogens with one attached hydrogen (secondary N) is 2. The number of carbonyl (C=O) groups excluding carboxylic acids is 1. The quantitative estimate of drug-likeness (QED) is 0.383. The minimum absolute atomic E-state index is 0.0810. The Morgan fingerprint density at radius 1 is 1.19 bits per heavy atom. The summed E-state index contributed by atoms with van der Waals surface area (Å²) >= 11 is 11.8. The topological polar surface area (TPSA) is 79.4 Å². The maximum atomic E-state index is 14.5. The first-order valence-corrected chi connectivity index (χ1v) is 9.92. The van der Waals surface area contributed by atoms with E-state index in [0.717, 1.165) is 0 Å². The molecule has 7 nitrogen and oxygen atoms in total. The highest BCUT2D eigenvalue weighted by atomic mass is 35.5. The van der Waals surface area contributed by atoms with Crippen molar-refractivity contribution in [1.82, 2.24) is 14.9 Å². The van der Waals surface area contributed by atoms with Crippen LogP contribution in [0.4, 0.5) is 21.6 Å². The Kier molecular flexibility index (Phi) is 7.27. The van der Waals surface area contributed by atoms with Gasteiger partial charge in [0.2, 0.25) is 5.91 Å². The van der Waals surface area contributed by atoms with Crippen molar-refractivity contribution in [3.63, 3.8) is 0 Å². The van der Waals surface area contributed by atoms with Gasteiger partial charge in [-0.2, -0.15) is 0 Å². The van der Waals surface area contributed by atoms with Crippen LogP contribution in [0.3, 0.4) is 0 Å².